The summed E-state index contributed by atoms with van der Waals surface area (Å²) < 4.78 is 9.89. The Morgan fingerprint density at radius 2 is 1.00 bits per heavy atom. The van der Waals surface area contributed by atoms with Crippen LogP contribution in [-0.4, -0.2) is 49.5 Å². The van der Waals surface area contributed by atoms with Crippen LogP contribution in [0.4, 0.5) is 0 Å². The molecule has 0 aromatic rings. The molecular formula is C4H10MgO2. The van der Waals surface area contributed by atoms with Crippen molar-refractivity contribution in [2.75, 3.05) is 26.4 Å². The van der Waals surface area contributed by atoms with Crippen LogP contribution in [0.2, 0.25) is 0 Å². The summed E-state index contributed by atoms with van der Waals surface area (Å²) in [5, 5.41) is 0. The summed E-state index contributed by atoms with van der Waals surface area (Å²) in [6, 6.07) is 0. The fourth-order valence-electron chi connectivity index (χ4n) is 0.440. The zero-order chi connectivity index (χ0) is 4.24. The lowest BCUT2D eigenvalue weighted by atomic mass is 10.6. The lowest BCUT2D eigenvalue weighted by Gasteiger charge is -2.09. The van der Waals surface area contributed by atoms with Gasteiger partial charge in [0.1, 0.15) is 0 Å². The Morgan fingerprint density at radius 3 is 1.14 bits per heavy atom. The summed E-state index contributed by atoms with van der Waals surface area (Å²) in [5.74, 6) is 0. The smallest absolute Gasteiger partial charge is 0.316 e. The van der Waals surface area contributed by atoms with Crippen molar-refractivity contribution in [1.82, 2.24) is 0 Å². The summed E-state index contributed by atoms with van der Waals surface area (Å²) in [6.07, 6.45) is 0. The van der Waals surface area contributed by atoms with Crippen LogP contribution in [0.15, 0.2) is 0 Å². The fraction of sp³-hybridized carbons (Fsp3) is 1.00. The first-order valence-corrected chi connectivity index (χ1v) is 2.15. The van der Waals surface area contributed by atoms with Gasteiger partial charge in [-0.25, -0.2) is 0 Å². The molecule has 0 amide bonds. The highest BCUT2D eigenvalue weighted by atomic mass is 24.3. The van der Waals surface area contributed by atoms with E-state index in [4.69, 9.17) is 9.47 Å². The minimum atomic E-state index is 0. The number of hydrogen-bond donors (Lipinski definition) is 0. The molecule has 0 unspecified atom stereocenters. The first kappa shape index (κ1) is 7.69. The molecule has 7 heavy (non-hydrogen) atoms. The third-order valence-electron chi connectivity index (χ3n) is 0.744. The monoisotopic (exact) mass is 114 g/mol. The first-order valence-electron chi connectivity index (χ1n) is 2.15. The summed E-state index contributed by atoms with van der Waals surface area (Å²) in [4.78, 5) is 0. The van der Waals surface area contributed by atoms with Crippen molar-refractivity contribution in [3.05, 3.63) is 0 Å². The topological polar surface area (TPSA) is 18.5 Å². The predicted molar refractivity (Wildman–Crippen MR) is 30.2 cm³/mol. The Balaban J connectivity index is 0.000000360. The van der Waals surface area contributed by atoms with Crippen molar-refractivity contribution in [2.24, 2.45) is 0 Å². The molecule has 0 aromatic heterocycles. The zero-order valence-electron chi connectivity index (χ0n) is 3.64. The van der Waals surface area contributed by atoms with Crippen molar-refractivity contribution in [3.63, 3.8) is 0 Å². The molecule has 0 atom stereocenters. The Morgan fingerprint density at radius 1 is 0.714 bits per heavy atom. The van der Waals surface area contributed by atoms with Crippen molar-refractivity contribution >= 4 is 23.1 Å². The van der Waals surface area contributed by atoms with E-state index in [0.29, 0.717) is 0 Å². The molecule has 3 heteroatoms. The Kier molecular flexibility index (Phi) is 5.31. The van der Waals surface area contributed by atoms with Crippen molar-refractivity contribution in [1.29, 1.82) is 0 Å². The van der Waals surface area contributed by atoms with Crippen LogP contribution in [0, 0.1) is 0 Å². The van der Waals surface area contributed by atoms with Gasteiger partial charge in [-0.05, 0) is 0 Å². The van der Waals surface area contributed by atoms with Gasteiger partial charge in [-0.2, -0.15) is 0 Å². The maximum Gasteiger partial charge on any atom is 0.316 e. The van der Waals surface area contributed by atoms with Crippen LogP contribution in [0.3, 0.4) is 0 Å². The number of ether oxygens (including phenoxy) is 2. The third kappa shape index (κ3) is 3.28. The van der Waals surface area contributed by atoms with Gasteiger partial charge in [0.2, 0.25) is 0 Å². The highest BCUT2D eigenvalue weighted by Crippen LogP contribution is 1.85. The van der Waals surface area contributed by atoms with Crippen LogP contribution in [0.5, 0.6) is 0 Å². The van der Waals surface area contributed by atoms with Gasteiger partial charge in [0.25, 0.3) is 0 Å². The molecule has 1 fully saturated rings. The molecular weight excluding hydrogens is 104 g/mol. The fourth-order valence-corrected chi connectivity index (χ4v) is 0.440. The van der Waals surface area contributed by atoms with E-state index in [0.717, 1.165) is 26.4 Å². The molecule has 1 aliphatic rings. The minimum absolute atomic E-state index is 0. The highest BCUT2D eigenvalue weighted by molar-refractivity contribution is 5.75. The van der Waals surface area contributed by atoms with Gasteiger partial charge in [0.05, 0.1) is 26.4 Å². The molecule has 0 saturated carbocycles. The van der Waals surface area contributed by atoms with E-state index in [1.54, 1.807) is 0 Å². The molecule has 0 N–H and O–H groups in total. The van der Waals surface area contributed by atoms with E-state index in [9.17, 15) is 0 Å². The average molecular weight is 114 g/mol. The van der Waals surface area contributed by atoms with Crippen molar-refractivity contribution in [3.8, 4) is 0 Å². The van der Waals surface area contributed by atoms with Crippen LogP contribution in [0.25, 0.3) is 0 Å². The molecule has 0 radical (unpaired) electrons. The Bertz CT molecular complexity index is 25.2. The summed E-state index contributed by atoms with van der Waals surface area (Å²) in [7, 11) is 0. The lowest BCUT2D eigenvalue weighted by Crippen LogP contribution is -2.16. The highest BCUT2D eigenvalue weighted by Gasteiger charge is 1.94. The Labute approximate surface area is 59.3 Å². The molecule has 0 aromatic carbocycles. The van der Waals surface area contributed by atoms with Crippen LogP contribution >= 0.6 is 0 Å². The van der Waals surface area contributed by atoms with Crippen LogP contribution in [-0.2, 0) is 9.47 Å². The zero-order valence-corrected chi connectivity index (χ0v) is 3.64. The van der Waals surface area contributed by atoms with Gasteiger partial charge in [0.15, 0.2) is 0 Å². The second kappa shape index (κ2) is 4.84. The van der Waals surface area contributed by atoms with E-state index >= 15 is 0 Å². The predicted octanol–water partition coefficient (Wildman–Crippen LogP) is -0.883. The molecule has 0 aliphatic carbocycles. The number of rotatable bonds is 0. The maximum absolute atomic E-state index is 4.94. The lowest BCUT2D eigenvalue weighted by molar-refractivity contribution is -0.0334. The van der Waals surface area contributed by atoms with E-state index in [1.807, 2.05) is 0 Å². The summed E-state index contributed by atoms with van der Waals surface area (Å²) >= 11 is 0. The number of hydrogen-bond acceptors (Lipinski definition) is 2. The molecule has 1 rings (SSSR count). The van der Waals surface area contributed by atoms with E-state index in [1.165, 1.54) is 0 Å². The van der Waals surface area contributed by atoms with Gasteiger partial charge in [-0.15, -0.1) is 0 Å². The maximum atomic E-state index is 4.94. The average Bonchev–Trinajstić information content (AvgIpc) is 1.72. The quantitative estimate of drug-likeness (QED) is 0.381. The van der Waals surface area contributed by atoms with E-state index in [2.05, 4.69) is 0 Å². The largest absolute Gasteiger partial charge is 0.377 e. The Hall–Kier alpha value is 0.686. The van der Waals surface area contributed by atoms with Gasteiger partial charge in [0, 0.05) is 0 Å². The second-order valence-corrected chi connectivity index (χ2v) is 1.22. The summed E-state index contributed by atoms with van der Waals surface area (Å²) in [5.41, 5.74) is 0. The van der Waals surface area contributed by atoms with E-state index in [-0.39, 0.29) is 23.1 Å². The van der Waals surface area contributed by atoms with Crippen LogP contribution < -0.4 is 0 Å². The van der Waals surface area contributed by atoms with Gasteiger partial charge in [-0.1, -0.05) is 0 Å². The second-order valence-electron chi connectivity index (χ2n) is 1.22. The molecule has 1 saturated heterocycles. The normalized spacial score (nSPS) is 20.6. The van der Waals surface area contributed by atoms with Gasteiger partial charge < -0.3 is 9.47 Å². The van der Waals surface area contributed by atoms with Crippen molar-refractivity contribution in [2.45, 2.75) is 0 Å². The first-order chi connectivity index (χ1) is 3.00. The third-order valence-corrected chi connectivity index (χ3v) is 0.744. The molecule has 2 nitrogen and oxygen atoms in total. The molecule has 1 aliphatic heterocycles. The molecule has 0 spiro atoms. The van der Waals surface area contributed by atoms with Gasteiger partial charge >= 0.3 is 23.1 Å². The minimum Gasteiger partial charge on any atom is -0.377 e. The SMILES string of the molecule is C1COCCO1.[MgH2]. The molecule has 40 valence electrons. The van der Waals surface area contributed by atoms with Crippen molar-refractivity contribution < 1.29 is 9.47 Å². The standard InChI is InChI=1S/C4H8O2.Mg.2H/c1-2-6-4-3-5-1;;;/h1-4H2;;;. The molecule has 0 bridgehead atoms. The van der Waals surface area contributed by atoms with Gasteiger partial charge in [-0.3, -0.25) is 0 Å². The molecule has 1 heterocycles. The van der Waals surface area contributed by atoms with E-state index < -0.39 is 0 Å². The summed E-state index contributed by atoms with van der Waals surface area (Å²) in [6.45, 7) is 3.11. The van der Waals surface area contributed by atoms with Crippen LogP contribution in [0.1, 0.15) is 0 Å².